The lowest BCUT2D eigenvalue weighted by Crippen LogP contribution is -2.29. The maximum atomic E-state index is 12.0. The summed E-state index contributed by atoms with van der Waals surface area (Å²) in [6.07, 6.45) is -4.89. The fourth-order valence-electron chi connectivity index (χ4n) is 1.13. The summed E-state index contributed by atoms with van der Waals surface area (Å²) in [7, 11) is 0. The van der Waals surface area contributed by atoms with Gasteiger partial charge in [0.05, 0.1) is 6.61 Å². The van der Waals surface area contributed by atoms with Crippen LogP contribution in [0.5, 0.6) is 5.75 Å². The van der Waals surface area contributed by atoms with Crippen LogP contribution in [0.2, 0.25) is 0 Å². The van der Waals surface area contributed by atoms with E-state index in [9.17, 15) is 18.0 Å². The van der Waals surface area contributed by atoms with Crippen molar-refractivity contribution in [2.24, 2.45) is 5.92 Å². The van der Waals surface area contributed by atoms with Crippen LogP contribution in [0, 0.1) is 5.92 Å². The summed E-state index contributed by atoms with van der Waals surface area (Å²) in [6.45, 7) is 4.36. The normalized spacial score (nSPS) is 11.4. The summed E-state index contributed by atoms with van der Waals surface area (Å²) in [5.41, 5.74) is 0.0542. The number of carbonyl (C=O) groups excluding carboxylic acids is 1. The second kappa shape index (κ2) is 5.75. The van der Waals surface area contributed by atoms with E-state index >= 15 is 0 Å². The Morgan fingerprint density at radius 2 is 2.06 bits per heavy atom. The first-order valence-corrected chi connectivity index (χ1v) is 5.40. The van der Waals surface area contributed by atoms with Gasteiger partial charge in [0.1, 0.15) is 5.75 Å². The molecule has 0 aliphatic carbocycles. The van der Waals surface area contributed by atoms with Crippen LogP contribution in [0.25, 0.3) is 0 Å². The Labute approximate surface area is 103 Å². The van der Waals surface area contributed by atoms with Gasteiger partial charge in [0.25, 0.3) is 0 Å². The number of ether oxygens (including phenoxy) is 1. The Morgan fingerprint density at radius 1 is 1.39 bits per heavy atom. The van der Waals surface area contributed by atoms with E-state index in [4.69, 9.17) is 4.74 Å². The molecule has 0 unspecified atom stereocenters. The number of nitrogens with one attached hydrogen (secondary N) is 1. The van der Waals surface area contributed by atoms with Crippen LogP contribution in [0.3, 0.4) is 0 Å². The second-order valence-electron chi connectivity index (χ2n) is 4.18. The van der Waals surface area contributed by atoms with Gasteiger partial charge in [-0.2, -0.15) is 13.2 Å². The minimum atomic E-state index is -4.89. The van der Waals surface area contributed by atoms with E-state index in [1.165, 1.54) is 18.2 Å². The van der Waals surface area contributed by atoms with Crippen LogP contribution in [-0.2, 0) is 4.79 Å². The van der Waals surface area contributed by atoms with E-state index in [2.05, 4.69) is 0 Å². The van der Waals surface area contributed by atoms with Crippen molar-refractivity contribution in [1.82, 2.24) is 0 Å². The monoisotopic (exact) mass is 261 g/mol. The molecule has 1 amide bonds. The predicted octanol–water partition coefficient (Wildman–Crippen LogP) is 3.22. The molecule has 0 spiro atoms. The SMILES string of the molecule is CC(C)COc1cccc(NC(=O)C(F)(F)F)c1. The highest BCUT2D eigenvalue weighted by atomic mass is 19.4. The zero-order valence-corrected chi connectivity index (χ0v) is 10.0. The van der Waals surface area contributed by atoms with Crippen LogP contribution in [0.15, 0.2) is 24.3 Å². The minimum absolute atomic E-state index is 0.0542. The number of benzene rings is 1. The van der Waals surface area contributed by atoms with E-state index < -0.39 is 12.1 Å². The molecule has 0 heterocycles. The summed E-state index contributed by atoms with van der Waals surface area (Å²) in [5, 5.41) is 1.77. The molecular weight excluding hydrogens is 247 g/mol. The number of alkyl halides is 3. The van der Waals surface area contributed by atoms with Crippen LogP contribution in [0.4, 0.5) is 18.9 Å². The standard InChI is InChI=1S/C12H14F3NO2/c1-8(2)7-18-10-5-3-4-9(6-10)16-11(17)12(13,14)15/h3-6,8H,7H2,1-2H3,(H,16,17). The number of anilines is 1. The third kappa shape index (κ3) is 4.65. The topological polar surface area (TPSA) is 38.3 Å². The molecule has 0 aromatic heterocycles. The van der Waals surface area contributed by atoms with Gasteiger partial charge in [-0.25, -0.2) is 0 Å². The average Bonchev–Trinajstić information content (AvgIpc) is 2.25. The van der Waals surface area contributed by atoms with E-state index in [1.54, 1.807) is 11.4 Å². The molecule has 0 saturated heterocycles. The molecule has 18 heavy (non-hydrogen) atoms. The molecule has 1 rings (SSSR count). The number of amides is 1. The number of carbonyl (C=O) groups is 1. The maximum Gasteiger partial charge on any atom is 0.471 e. The highest BCUT2D eigenvalue weighted by Gasteiger charge is 2.38. The summed E-state index contributed by atoms with van der Waals surface area (Å²) < 4.78 is 41.5. The Morgan fingerprint density at radius 3 is 2.61 bits per heavy atom. The van der Waals surface area contributed by atoms with Crippen molar-refractivity contribution in [3.05, 3.63) is 24.3 Å². The summed E-state index contributed by atoms with van der Waals surface area (Å²) in [4.78, 5) is 10.7. The van der Waals surface area contributed by atoms with Crippen molar-refractivity contribution < 1.29 is 22.7 Å². The first-order chi connectivity index (χ1) is 8.29. The smallest absolute Gasteiger partial charge is 0.471 e. The molecule has 1 aromatic carbocycles. The fraction of sp³-hybridized carbons (Fsp3) is 0.417. The van der Waals surface area contributed by atoms with Gasteiger partial charge >= 0.3 is 12.1 Å². The van der Waals surface area contributed by atoms with Crippen LogP contribution >= 0.6 is 0 Å². The predicted molar refractivity (Wildman–Crippen MR) is 61.5 cm³/mol. The van der Waals surface area contributed by atoms with Gasteiger partial charge in [0.2, 0.25) is 0 Å². The zero-order valence-electron chi connectivity index (χ0n) is 10.0. The highest BCUT2D eigenvalue weighted by molar-refractivity contribution is 5.95. The molecule has 100 valence electrons. The van der Waals surface area contributed by atoms with Gasteiger partial charge < -0.3 is 10.1 Å². The Kier molecular flexibility index (Phi) is 4.58. The van der Waals surface area contributed by atoms with Crippen LogP contribution in [-0.4, -0.2) is 18.7 Å². The quantitative estimate of drug-likeness (QED) is 0.903. The number of halogens is 3. The fourth-order valence-corrected chi connectivity index (χ4v) is 1.13. The summed E-state index contributed by atoms with van der Waals surface area (Å²) in [5.74, 6) is -1.27. The summed E-state index contributed by atoms with van der Waals surface area (Å²) >= 11 is 0. The van der Waals surface area contributed by atoms with Crippen molar-refractivity contribution in [2.75, 3.05) is 11.9 Å². The first kappa shape index (κ1) is 14.3. The Balaban J connectivity index is 2.68. The largest absolute Gasteiger partial charge is 0.493 e. The third-order valence-corrected chi connectivity index (χ3v) is 1.93. The van der Waals surface area contributed by atoms with E-state index in [1.807, 2.05) is 13.8 Å². The van der Waals surface area contributed by atoms with Crippen LogP contribution < -0.4 is 10.1 Å². The van der Waals surface area contributed by atoms with Crippen LogP contribution in [0.1, 0.15) is 13.8 Å². The number of rotatable bonds is 4. The van der Waals surface area contributed by atoms with E-state index in [-0.39, 0.29) is 5.69 Å². The maximum absolute atomic E-state index is 12.0. The molecule has 1 aromatic rings. The molecule has 0 bridgehead atoms. The molecule has 0 aliphatic rings. The van der Waals surface area contributed by atoms with Crippen molar-refractivity contribution in [1.29, 1.82) is 0 Å². The summed E-state index contributed by atoms with van der Waals surface area (Å²) in [6, 6.07) is 5.85. The van der Waals surface area contributed by atoms with E-state index in [0.29, 0.717) is 18.3 Å². The van der Waals surface area contributed by atoms with Gasteiger partial charge in [-0.1, -0.05) is 19.9 Å². The number of hydrogen-bond donors (Lipinski definition) is 1. The first-order valence-electron chi connectivity index (χ1n) is 5.40. The third-order valence-electron chi connectivity index (χ3n) is 1.93. The molecule has 0 aliphatic heterocycles. The van der Waals surface area contributed by atoms with Gasteiger partial charge in [-0.05, 0) is 18.1 Å². The lowest BCUT2D eigenvalue weighted by Gasteiger charge is -2.11. The molecule has 3 nitrogen and oxygen atoms in total. The van der Waals surface area contributed by atoms with Crippen molar-refractivity contribution in [2.45, 2.75) is 20.0 Å². The van der Waals surface area contributed by atoms with Gasteiger partial charge in [0, 0.05) is 11.8 Å². The van der Waals surface area contributed by atoms with Crippen molar-refractivity contribution in [3.8, 4) is 5.75 Å². The zero-order chi connectivity index (χ0) is 13.8. The molecule has 0 saturated carbocycles. The highest BCUT2D eigenvalue weighted by Crippen LogP contribution is 2.21. The molecule has 1 N–H and O–H groups in total. The van der Waals surface area contributed by atoms with E-state index in [0.717, 1.165) is 0 Å². The van der Waals surface area contributed by atoms with Gasteiger partial charge in [0.15, 0.2) is 0 Å². The average molecular weight is 261 g/mol. The van der Waals surface area contributed by atoms with Crippen molar-refractivity contribution >= 4 is 11.6 Å². The molecule has 0 fully saturated rings. The molecule has 0 radical (unpaired) electrons. The molecule has 6 heteroatoms. The second-order valence-corrected chi connectivity index (χ2v) is 4.18. The minimum Gasteiger partial charge on any atom is -0.493 e. The number of hydrogen-bond acceptors (Lipinski definition) is 2. The van der Waals surface area contributed by atoms with Crippen molar-refractivity contribution in [3.63, 3.8) is 0 Å². The molecular formula is C12H14F3NO2. The lowest BCUT2D eigenvalue weighted by molar-refractivity contribution is -0.167. The molecule has 0 atom stereocenters. The lowest BCUT2D eigenvalue weighted by atomic mass is 10.2. The Bertz CT molecular complexity index is 416. The van der Waals surface area contributed by atoms with Gasteiger partial charge in [-0.15, -0.1) is 0 Å². The van der Waals surface area contributed by atoms with Gasteiger partial charge in [-0.3, -0.25) is 4.79 Å². The Hall–Kier alpha value is -1.72.